The van der Waals surface area contributed by atoms with Gasteiger partial charge in [-0.1, -0.05) is 6.07 Å². The second kappa shape index (κ2) is 7.95. The van der Waals surface area contributed by atoms with Crippen molar-refractivity contribution in [3.63, 3.8) is 0 Å². The van der Waals surface area contributed by atoms with Crippen LogP contribution in [0, 0.1) is 0 Å². The predicted molar refractivity (Wildman–Crippen MR) is 108 cm³/mol. The Balaban J connectivity index is 1.74. The zero-order chi connectivity index (χ0) is 19.6. The SMILES string of the molecule is COc1ccc(C2(c3cnc(N)nc3)CCC(O)CC2)cc1OC1CCCC1. The number of hydrogen-bond acceptors (Lipinski definition) is 6. The molecule has 0 atom stereocenters. The number of hydrogen-bond donors (Lipinski definition) is 2. The normalized spacial score (nSPS) is 25.6. The van der Waals surface area contributed by atoms with Gasteiger partial charge in [0.25, 0.3) is 0 Å². The second-order valence-electron chi connectivity index (χ2n) is 8.03. The third-order valence-electron chi connectivity index (χ3n) is 6.35. The van der Waals surface area contributed by atoms with Crippen LogP contribution in [0.15, 0.2) is 30.6 Å². The third kappa shape index (κ3) is 3.65. The van der Waals surface area contributed by atoms with Gasteiger partial charge in [0, 0.05) is 17.8 Å². The summed E-state index contributed by atoms with van der Waals surface area (Å²) < 4.78 is 11.9. The summed E-state index contributed by atoms with van der Waals surface area (Å²) in [7, 11) is 1.68. The Morgan fingerprint density at radius 2 is 1.68 bits per heavy atom. The minimum atomic E-state index is -0.257. The molecule has 0 bridgehead atoms. The molecule has 4 rings (SSSR count). The highest BCUT2D eigenvalue weighted by molar-refractivity contribution is 5.49. The Kier molecular flexibility index (Phi) is 5.40. The molecule has 150 valence electrons. The first-order chi connectivity index (χ1) is 13.6. The Hall–Kier alpha value is -2.34. The quantitative estimate of drug-likeness (QED) is 0.820. The molecule has 1 aromatic carbocycles. The van der Waals surface area contributed by atoms with Crippen LogP contribution in [0.2, 0.25) is 0 Å². The molecular formula is C22H29N3O3. The van der Waals surface area contributed by atoms with Crippen molar-refractivity contribution in [3.8, 4) is 11.5 Å². The maximum atomic E-state index is 10.1. The number of methoxy groups -OCH3 is 1. The molecule has 1 aromatic heterocycles. The fourth-order valence-corrected chi connectivity index (χ4v) is 4.68. The molecule has 2 fully saturated rings. The molecule has 0 radical (unpaired) electrons. The zero-order valence-corrected chi connectivity index (χ0v) is 16.4. The van der Waals surface area contributed by atoms with E-state index in [9.17, 15) is 5.11 Å². The van der Waals surface area contributed by atoms with Crippen molar-refractivity contribution in [1.29, 1.82) is 0 Å². The summed E-state index contributed by atoms with van der Waals surface area (Å²) in [5.41, 5.74) is 7.64. The monoisotopic (exact) mass is 383 g/mol. The number of aliphatic hydroxyl groups excluding tert-OH is 1. The molecule has 3 N–H and O–H groups in total. The standard InChI is InChI=1S/C22H29N3O3/c1-27-19-7-6-15(12-20(19)28-18-4-2-3-5-18)22(10-8-17(26)9-11-22)16-13-24-21(23)25-14-16/h6-7,12-14,17-18,26H,2-5,8-11H2,1H3,(H2,23,24,25). The minimum Gasteiger partial charge on any atom is -0.493 e. The van der Waals surface area contributed by atoms with Gasteiger partial charge >= 0.3 is 0 Å². The molecule has 2 saturated carbocycles. The summed E-state index contributed by atoms with van der Waals surface area (Å²) in [4.78, 5) is 8.46. The largest absolute Gasteiger partial charge is 0.493 e. The van der Waals surface area contributed by atoms with Crippen LogP contribution in [0.4, 0.5) is 5.95 Å². The molecule has 28 heavy (non-hydrogen) atoms. The minimum absolute atomic E-state index is 0.254. The molecule has 6 nitrogen and oxygen atoms in total. The first-order valence-corrected chi connectivity index (χ1v) is 10.2. The lowest BCUT2D eigenvalue weighted by Gasteiger charge is -2.40. The summed E-state index contributed by atoms with van der Waals surface area (Å²) in [6.07, 6.45) is 11.4. The van der Waals surface area contributed by atoms with Crippen molar-refractivity contribution in [2.75, 3.05) is 12.8 Å². The van der Waals surface area contributed by atoms with E-state index in [2.05, 4.69) is 22.1 Å². The highest BCUT2D eigenvalue weighted by Gasteiger charge is 2.39. The van der Waals surface area contributed by atoms with E-state index in [0.29, 0.717) is 0 Å². The number of nitrogens with zero attached hydrogens (tertiary/aromatic N) is 2. The fraction of sp³-hybridized carbons (Fsp3) is 0.545. The van der Waals surface area contributed by atoms with Crippen LogP contribution in [-0.4, -0.2) is 34.4 Å². The van der Waals surface area contributed by atoms with Gasteiger partial charge in [-0.15, -0.1) is 0 Å². The first-order valence-electron chi connectivity index (χ1n) is 10.2. The van der Waals surface area contributed by atoms with E-state index < -0.39 is 0 Å². The van der Waals surface area contributed by atoms with Crippen LogP contribution in [0.5, 0.6) is 11.5 Å². The van der Waals surface area contributed by atoms with E-state index in [1.54, 1.807) is 7.11 Å². The Morgan fingerprint density at radius 1 is 1.00 bits per heavy atom. The maximum Gasteiger partial charge on any atom is 0.219 e. The topological polar surface area (TPSA) is 90.5 Å². The molecule has 1 heterocycles. The summed E-state index contributed by atoms with van der Waals surface area (Å²) >= 11 is 0. The molecule has 6 heteroatoms. The van der Waals surface area contributed by atoms with Gasteiger partial charge in [0.15, 0.2) is 11.5 Å². The molecule has 2 aromatic rings. The van der Waals surface area contributed by atoms with Crippen molar-refractivity contribution < 1.29 is 14.6 Å². The van der Waals surface area contributed by atoms with Crippen LogP contribution in [0.1, 0.15) is 62.5 Å². The van der Waals surface area contributed by atoms with Crippen molar-refractivity contribution >= 4 is 5.95 Å². The van der Waals surface area contributed by atoms with E-state index >= 15 is 0 Å². The van der Waals surface area contributed by atoms with Gasteiger partial charge in [0.2, 0.25) is 5.95 Å². The lowest BCUT2D eigenvalue weighted by molar-refractivity contribution is 0.106. The lowest BCUT2D eigenvalue weighted by atomic mass is 9.65. The Morgan fingerprint density at radius 3 is 2.32 bits per heavy atom. The van der Waals surface area contributed by atoms with E-state index in [0.717, 1.165) is 61.2 Å². The molecular weight excluding hydrogens is 354 g/mol. The van der Waals surface area contributed by atoms with Crippen molar-refractivity contribution in [2.45, 2.75) is 69.0 Å². The Labute approximate surface area is 166 Å². The molecule has 0 aliphatic heterocycles. The van der Waals surface area contributed by atoms with E-state index in [-0.39, 0.29) is 23.6 Å². The molecule has 0 spiro atoms. The smallest absolute Gasteiger partial charge is 0.219 e. The fourth-order valence-electron chi connectivity index (χ4n) is 4.68. The van der Waals surface area contributed by atoms with Gasteiger partial charge in [0.05, 0.1) is 19.3 Å². The summed E-state index contributed by atoms with van der Waals surface area (Å²) in [5.74, 6) is 1.83. The molecule has 0 unspecified atom stereocenters. The molecule has 2 aliphatic rings. The highest BCUT2D eigenvalue weighted by Crippen LogP contribution is 2.47. The predicted octanol–water partition coefficient (Wildman–Crippen LogP) is 3.61. The van der Waals surface area contributed by atoms with E-state index in [1.807, 2.05) is 18.5 Å². The van der Waals surface area contributed by atoms with Gasteiger partial charge in [-0.2, -0.15) is 0 Å². The number of nitrogens with two attached hydrogens (primary N) is 1. The second-order valence-corrected chi connectivity index (χ2v) is 8.03. The lowest BCUT2D eigenvalue weighted by Crippen LogP contribution is -2.35. The van der Waals surface area contributed by atoms with Gasteiger partial charge in [0.1, 0.15) is 0 Å². The molecule has 0 saturated heterocycles. The molecule has 0 amide bonds. The number of benzene rings is 1. The van der Waals surface area contributed by atoms with Crippen molar-refractivity contribution in [3.05, 3.63) is 41.7 Å². The van der Waals surface area contributed by atoms with Crippen LogP contribution in [0.3, 0.4) is 0 Å². The van der Waals surface area contributed by atoms with Gasteiger partial charge in [-0.3, -0.25) is 0 Å². The number of aromatic nitrogens is 2. The number of anilines is 1. The highest BCUT2D eigenvalue weighted by atomic mass is 16.5. The van der Waals surface area contributed by atoms with Crippen LogP contribution in [-0.2, 0) is 5.41 Å². The van der Waals surface area contributed by atoms with Crippen LogP contribution in [0.25, 0.3) is 0 Å². The summed E-state index contributed by atoms with van der Waals surface area (Å²) in [6, 6.07) is 6.21. The zero-order valence-electron chi connectivity index (χ0n) is 16.4. The average molecular weight is 383 g/mol. The summed E-state index contributed by atoms with van der Waals surface area (Å²) in [6.45, 7) is 0. The van der Waals surface area contributed by atoms with E-state index in [1.165, 1.54) is 12.8 Å². The van der Waals surface area contributed by atoms with E-state index in [4.69, 9.17) is 15.2 Å². The average Bonchev–Trinajstić information content (AvgIpc) is 3.22. The third-order valence-corrected chi connectivity index (χ3v) is 6.35. The van der Waals surface area contributed by atoms with Crippen molar-refractivity contribution in [2.24, 2.45) is 0 Å². The number of aliphatic hydroxyl groups is 1. The number of rotatable bonds is 5. The van der Waals surface area contributed by atoms with Gasteiger partial charge < -0.3 is 20.3 Å². The Bertz CT molecular complexity index is 795. The van der Waals surface area contributed by atoms with Crippen molar-refractivity contribution in [1.82, 2.24) is 9.97 Å². The first kappa shape index (κ1) is 19.0. The van der Waals surface area contributed by atoms with Gasteiger partial charge in [-0.05, 0) is 74.6 Å². The summed E-state index contributed by atoms with van der Waals surface area (Å²) in [5, 5.41) is 10.1. The molecule has 2 aliphatic carbocycles. The maximum absolute atomic E-state index is 10.1. The van der Waals surface area contributed by atoms with Gasteiger partial charge in [-0.25, -0.2) is 9.97 Å². The number of nitrogen functional groups attached to an aromatic ring is 1. The van der Waals surface area contributed by atoms with Crippen LogP contribution < -0.4 is 15.2 Å². The van der Waals surface area contributed by atoms with Crippen LogP contribution >= 0.6 is 0 Å². The number of ether oxygens (including phenoxy) is 2.